The largest absolute Gasteiger partial charge is 0.151 e. The normalized spacial score (nSPS) is 21.1. The maximum atomic E-state index is 6.32. The van der Waals surface area contributed by atoms with Crippen LogP contribution in [0.4, 0.5) is 5.69 Å². The third kappa shape index (κ3) is 2.86. The number of rotatable bonds is 2. The van der Waals surface area contributed by atoms with Gasteiger partial charge in [0.1, 0.15) is 0 Å². The SMILES string of the molecule is ClC1C=CC(N=Nc2ccccc2)=CC1=C1C=CC=C1. The molecule has 0 spiro atoms. The van der Waals surface area contributed by atoms with Gasteiger partial charge in [-0.15, -0.1) is 11.6 Å². The van der Waals surface area contributed by atoms with Gasteiger partial charge in [-0.25, -0.2) is 0 Å². The maximum absolute atomic E-state index is 6.32. The highest BCUT2D eigenvalue weighted by Crippen LogP contribution is 2.28. The van der Waals surface area contributed by atoms with Gasteiger partial charge in [0.25, 0.3) is 0 Å². The van der Waals surface area contributed by atoms with Gasteiger partial charge in [0, 0.05) is 0 Å². The quantitative estimate of drug-likeness (QED) is 0.522. The summed E-state index contributed by atoms with van der Waals surface area (Å²) in [5.41, 5.74) is 3.83. The molecule has 20 heavy (non-hydrogen) atoms. The zero-order chi connectivity index (χ0) is 13.8. The van der Waals surface area contributed by atoms with Gasteiger partial charge in [-0.05, 0) is 35.4 Å². The average molecular weight is 281 g/mol. The third-order valence-corrected chi connectivity index (χ3v) is 3.45. The van der Waals surface area contributed by atoms with Crippen molar-refractivity contribution in [2.75, 3.05) is 0 Å². The summed E-state index contributed by atoms with van der Waals surface area (Å²) in [7, 11) is 0. The van der Waals surface area contributed by atoms with Crippen molar-refractivity contribution in [3.63, 3.8) is 0 Å². The predicted octanol–water partition coefficient (Wildman–Crippen LogP) is 5.25. The molecule has 1 unspecified atom stereocenters. The molecule has 0 bridgehead atoms. The molecule has 0 saturated heterocycles. The smallest absolute Gasteiger partial charge is 0.0858 e. The van der Waals surface area contributed by atoms with Crippen LogP contribution in [0.3, 0.4) is 0 Å². The third-order valence-electron chi connectivity index (χ3n) is 3.07. The van der Waals surface area contributed by atoms with Crippen molar-refractivity contribution in [1.29, 1.82) is 0 Å². The molecule has 0 aromatic heterocycles. The average Bonchev–Trinajstić information content (AvgIpc) is 3.01. The van der Waals surface area contributed by atoms with Crippen molar-refractivity contribution in [3.05, 3.63) is 89.7 Å². The monoisotopic (exact) mass is 280 g/mol. The Balaban J connectivity index is 1.87. The second-order valence-electron chi connectivity index (χ2n) is 4.49. The van der Waals surface area contributed by atoms with Crippen LogP contribution in [0.1, 0.15) is 0 Å². The number of halogens is 1. The molecule has 1 aromatic carbocycles. The summed E-state index contributed by atoms with van der Waals surface area (Å²) >= 11 is 6.32. The van der Waals surface area contributed by atoms with Crippen molar-refractivity contribution in [2.45, 2.75) is 5.38 Å². The summed E-state index contributed by atoms with van der Waals surface area (Å²) in [5.74, 6) is 0. The molecule has 0 aliphatic heterocycles. The molecule has 0 amide bonds. The van der Waals surface area contributed by atoms with Gasteiger partial charge in [-0.2, -0.15) is 10.2 Å². The molecule has 0 heterocycles. The Hall–Kier alpha value is -2.19. The van der Waals surface area contributed by atoms with Crippen LogP contribution >= 0.6 is 11.6 Å². The van der Waals surface area contributed by atoms with E-state index >= 15 is 0 Å². The second-order valence-corrected chi connectivity index (χ2v) is 4.96. The van der Waals surface area contributed by atoms with Crippen LogP contribution in [0.2, 0.25) is 0 Å². The molecule has 1 atom stereocenters. The zero-order valence-corrected chi connectivity index (χ0v) is 11.5. The van der Waals surface area contributed by atoms with E-state index in [1.54, 1.807) is 0 Å². The summed E-state index contributed by atoms with van der Waals surface area (Å²) in [6.07, 6.45) is 13.9. The fourth-order valence-corrected chi connectivity index (χ4v) is 2.32. The van der Waals surface area contributed by atoms with Crippen LogP contribution in [0.5, 0.6) is 0 Å². The molecule has 3 rings (SSSR count). The maximum Gasteiger partial charge on any atom is 0.0858 e. The fourth-order valence-electron chi connectivity index (χ4n) is 2.06. The Kier molecular flexibility index (Phi) is 3.75. The summed E-state index contributed by atoms with van der Waals surface area (Å²) in [5, 5.41) is 8.37. The van der Waals surface area contributed by atoms with Crippen molar-refractivity contribution in [2.24, 2.45) is 10.2 Å². The van der Waals surface area contributed by atoms with Crippen molar-refractivity contribution in [3.8, 4) is 0 Å². The summed E-state index contributed by atoms with van der Waals surface area (Å²) in [4.78, 5) is 0. The van der Waals surface area contributed by atoms with E-state index in [4.69, 9.17) is 11.6 Å². The number of allylic oxidation sites excluding steroid dienone is 9. The van der Waals surface area contributed by atoms with Crippen LogP contribution in [0.15, 0.2) is 99.9 Å². The van der Waals surface area contributed by atoms with Crippen LogP contribution in [-0.4, -0.2) is 5.38 Å². The molecule has 0 fully saturated rings. The number of alkyl halides is 1. The van der Waals surface area contributed by atoms with Gasteiger partial charge >= 0.3 is 0 Å². The van der Waals surface area contributed by atoms with Crippen molar-refractivity contribution < 1.29 is 0 Å². The first kappa shape index (κ1) is 12.8. The Morgan fingerprint density at radius 3 is 2.40 bits per heavy atom. The van der Waals surface area contributed by atoms with E-state index in [0.717, 1.165) is 22.5 Å². The molecule has 1 aromatic rings. The highest BCUT2D eigenvalue weighted by molar-refractivity contribution is 6.24. The van der Waals surface area contributed by atoms with Crippen LogP contribution in [0, 0.1) is 0 Å². The summed E-state index contributed by atoms with van der Waals surface area (Å²) < 4.78 is 0. The van der Waals surface area contributed by atoms with E-state index < -0.39 is 0 Å². The van der Waals surface area contributed by atoms with Gasteiger partial charge in [-0.1, -0.05) is 48.6 Å². The molecule has 0 radical (unpaired) electrons. The van der Waals surface area contributed by atoms with Gasteiger partial charge in [0.15, 0.2) is 0 Å². The molecular weight excluding hydrogens is 268 g/mol. The van der Waals surface area contributed by atoms with E-state index in [9.17, 15) is 0 Å². The molecule has 2 aliphatic carbocycles. The summed E-state index contributed by atoms with van der Waals surface area (Å²) in [6.45, 7) is 0. The minimum absolute atomic E-state index is 0.118. The van der Waals surface area contributed by atoms with Crippen LogP contribution in [0.25, 0.3) is 0 Å². The summed E-state index contributed by atoms with van der Waals surface area (Å²) in [6, 6.07) is 9.68. The molecule has 3 heteroatoms. The molecule has 2 aliphatic rings. The first-order chi connectivity index (χ1) is 9.83. The molecule has 0 saturated carbocycles. The van der Waals surface area contributed by atoms with E-state index in [-0.39, 0.29) is 5.38 Å². The Bertz CT molecular complexity index is 662. The number of hydrogen-bond acceptors (Lipinski definition) is 2. The lowest BCUT2D eigenvalue weighted by Crippen LogP contribution is -2.03. The standard InChI is InChI=1S/C17H13ClN2/c18-17-11-10-15(12-16(17)13-6-4-5-7-13)20-19-14-8-2-1-3-9-14/h1-12,17H. The van der Waals surface area contributed by atoms with Crippen molar-refractivity contribution in [1.82, 2.24) is 0 Å². The zero-order valence-electron chi connectivity index (χ0n) is 10.8. The van der Waals surface area contributed by atoms with E-state index in [2.05, 4.69) is 10.2 Å². The van der Waals surface area contributed by atoms with Gasteiger partial charge in [0.2, 0.25) is 0 Å². The highest BCUT2D eigenvalue weighted by atomic mass is 35.5. The van der Waals surface area contributed by atoms with E-state index in [1.807, 2.05) is 72.9 Å². The van der Waals surface area contributed by atoms with Crippen molar-refractivity contribution >= 4 is 17.3 Å². The van der Waals surface area contributed by atoms with Gasteiger partial charge in [0.05, 0.1) is 16.8 Å². The number of azo groups is 1. The number of hydrogen-bond donors (Lipinski definition) is 0. The minimum atomic E-state index is -0.118. The lowest BCUT2D eigenvalue weighted by Gasteiger charge is -2.13. The first-order valence-electron chi connectivity index (χ1n) is 6.42. The molecular formula is C17H13ClN2. The molecule has 98 valence electrons. The Morgan fingerprint density at radius 1 is 0.900 bits per heavy atom. The minimum Gasteiger partial charge on any atom is -0.151 e. The number of benzene rings is 1. The van der Waals surface area contributed by atoms with E-state index in [0.29, 0.717) is 0 Å². The first-order valence-corrected chi connectivity index (χ1v) is 6.86. The van der Waals surface area contributed by atoms with E-state index in [1.165, 1.54) is 0 Å². The Morgan fingerprint density at radius 2 is 1.65 bits per heavy atom. The predicted molar refractivity (Wildman–Crippen MR) is 83.1 cm³/mol. The lowest BCUT2D eigenvalue weighted by atomic mass is 10.00. The van der Waals surface area contributed by atoms with Gasteiger partial charge in [-0.3, -0.25) is 0 Å². The van der Waals surface area contributed by atoms with Crippen LogP contribution < -0.4 is 0 Å². The Labute approximate surface area is 123 Å². The number of nitrogens with zero attached hydrogens (tertiary/aromatic N) is 2. The molecule has 0 N–H and O–H groups in total. The fraction of sp³-hybridized carbons (Fsp3) is 0.0588. The second kappa shape index (κ2) is 5.85. The van der Waals surface area contributed by atoms with Crippen LogP contribution in [-0.2, 0) is 0 Å². The van der Waals surface area contributed by atoms with Gasteiger partial charge < -0.3 is 0 Å². The topological polar surface area (TPSA) is 24.7 Å². The lowest BCUT2D eigenvalue weighted by molar-refractivity contribution is 1.12. The highest BCUT2D eigenvalue weighted by Gasteiger charge is 2.14. The molecule has 2 nitrogen and oxygen atoms in total.